The third kappa shape index (κ3) is 12.4. The maximum absolute atomic E-state index is 14.1. The van der Waals surface area contributed by atoms with Gasteiger partial charge in [0.1, 0.15) is 36.2 Å². The largest absolute Gasteiger partial charge is 0.508 e. The van der Waals surface area contributed by atoms with E-state index in [1.807, 2.05) is 0 Å². The smallest absolute Gasteiger partial charge is 0.245 e. The second-order valence-corrected chi connectivity index (χ2v) is 15.0. The van der Waals surface area contributed by atoms with E-state index in [-0.39, 0.29) is 36.3 Å². The van der Waals surface area contributed by atoms with Crippen LogP contribution in [0.2, 0.25) is 0 Å². The minimum atomic E-state index is -1.10. The molecule has 13 N–H and O–H groups in total. The van der Waals surface area contributed by atoms with Crippen LogP contribution < -0.4 is 44.2 Å². The fourth-order valence-electron chi connectivity index (χ4n) is 7.70. The molecule has 15 heteroatoms. The minimum absolute atomic E-state index is 0.0504. The lowest BCUT2D eigenvalue weighted by atomic mass is 9.81. The van der Waals surface area contributed by atoms with Gasteiger partial charge in [0, 0.05) is 18.9 Å². The summed E-state index contributed by atoms with van der Waals surface area (Å²) in [7, 11) is 0. The van der Waals surface area contributed by atoms with E-state index < -0.39 is 48.2 Å². The second kappa shape index (κ2) is 20.5. The van der Waals surface area contributed by atoms with E-state index in [4.69, 9.17) is 22.9 Å². The molecule has 0 bridgehead atoms. The van der Waals surface area contributed by atoms with Crippen molar-refractivity contribution in [3.05, 3.63) is 29.8 Å². The first-order valence-corrected chi connectivity index (χ1v) is 19.2. The molecule has 1 aromatic carbocycles. The van der Waals surface area contributed by atoms with E-state index in [1.54, 1.807) is 12.1 Å². The lowest BCUT2D eigenvalue weighted by Gasteiger charge is -2.43. The third-order valence-corrected chi connectivity index (χ3v) is 11.0. The number of carbonyl (C=O) groups is 5. The number of nitrogens with two attached hydrogens (primary N) is 4. The Hall–Kier alpha value is -3.79. The Morgan fingerprint density at radius 3 is 2.06 bits per heavy atom. The number of amides is 5. The van der Waals surface area contributed by atoms with Crippen molar-refractivity contribution in [2.45, 2.75) is 127 Å². The number of likely N-dealkylation sites (tertiary alicyclic amines) is 1. The number of unbranched alkanes of at least 4 members (excludes halogenated alkanes) is 1. The van der Waals surface area contributed by atoms with Crippen LogP contribution in [0, 0.1) is 17.8 Å². The lowest BCUT2D eigenvalue weighted by molar-refractivity contribution is -0.151. The van der Waals surface area contributed by atoms with Crippen molar-refractivity contribution < 1.29 is 29.1 Å². The number of hydrogen-bond donors (Lipinski definition) is 9. The van der Waals surface area contributed by atoms with Gasteiger partial charge in [0.05, 0.1) is 0 Å². The summed E-state index contributed by atoms with van der Waals surface area (Å²) in [5, 5.41) is 21.3. The highest BCUT2D eigenvalue weighted by atomic mass is 16.3. The monoisotopic (exact) mass is 727 g/mol. The molecule has 4 rings (SSSR count). The van der Waals surface area contributed by atoms with Crippen LogP contribution in [0.15, 0.2) is 24.3 Å². The first-order chi connectivity index (χ1) is 24.9. The summed E-state index contributed by atoms with van der Waals surface area (Å²) in [5.41, 5.74) is 23.2. The Morgan fingerprint density at radius 2 is 1.46 bits per heavy atom. The van der Waals surface area contributed by atoms with Gasteiger partial charge in [-0.25, -0.2) is 0 Å². The van der Waals surface area contributed by atoms with Gasteiger partial charge in [-0.2, -0.15) is 0 Å². The van der Waals surface area contributed by atoms with Gasteiger partial charge >= 0.3 is 0 Å². The van der Waals surface area contributed by atoms with E-state index in [2.05, 4.69) is 21.3 Å². The van der Waals surface area contributed by atoms with Crippen LogP contribution in [0.1, 0.15) is 95.5 Å². The van der Waals surface area contributed by atoms with Crippen molar-refractivity contribution in [1.82, 2.24) is 26.2 Å². The van der Waals surface area contributed by atoms with Crippen LogP contribution in [-0.2, 0) is 30.4 Å². The van der Waals surface area contributed by atoms with Crippen molar-refractivity contribution in [3.63, 3.8) is 0 Å². The molecule has 2 saturated carbocycles. The Morgan fingerprint density at radius 1 is 0.788 bits per heavy atom. The van der Waals surface area contributed by atoms with Gasteiger partial charge in [-0.1, -0.05) is 44.2 Å². The number of nitrogens with zero attached hydrogens (tertiary/aromatic N) is 1. The fourth-order valence-corrected chi connectivity index (χ4v) is 7.70. The van der Waals surface area contributed by atoms with E-state index in [0.717, 1.165) is 51.4 Å². The Kier molecular flexibility index (Phi) is 16.1. The number of primary amides is 1. The summed E-state index contributed by atoms with van der Waals surface area (Å²) in [4.78, 5) is 68.9. The minimum Gasteiger partial charge on any atom is -0.508 e. The molecule has 1 aromatic rings. The van der Waals surface area contributed by atoms with Crippen LogP contribution >= 0.6 is 0 Å². The highest BCUT2D eigenvalue weighted by molar-refractivity contribution is 5.96. The lowest BCUT2D eigenvalue weighted by Crippen LogP contribution is -2.64. The van der Waals surface area contributed by atoms with Gasteiger partial charge in [-0.15, -0.1) is 0 Å². The van der Waals surface area contributed by atoms with Crippen molar-refractivity contribution in [2.75, 3.05) is 19.6 Å². The molecule has 2 aliphatic carbocycles. The number of phenolic OH excluding ortho intramolecular Hbond substituents is 1. The van der Waals surface area contributed by atoms with Gasteiger partial charge in [0.2, 0.25) is 29.5 Å². The molecular formula is C37H61N9O6. The molecule has 3 fully saturated rings. The van der Waals surface area contributed by atoms with Crippen LogP contribution in [0.4, 0.5) is 0 Å². The zero-order chi connectivity index (χ0) is 37.6. The molecule has 52 heavy (non-hydrogen) atoms. The predicted molar refractivity (Wildman–Crippen MR) is 197 cm³/mol. The Labute approximate surface area is 307 Å². The van der Waals surface area contributed by atoms with Crippen LogP contribution in [0.3, 0.4) is 0 Å². The van der Waals surface area contributed by atoms with Gasteiger partial charge in [0.25, 0.3) is 0 Å². The standard InChI is InChI=1S/C37H61N9O6/c38-22-25-9-13-26(14-10-25)33(49)45-30(21-23-6-2-1-3-7-23)36(52)46-19-17-31(46)35(51)44-29(20-24-11-15-27(47)16-12-24)34(50)43-28(32(39)48)8-4-5-18-42-37(40)41/h11-12,15-16,23,25-26,28-31,37,42,47H,1-10,13-14,17-22,38,40-41H2,(H2,39,48)(H,43,50)(H,44,51)(H,45,49). The molecule has 1 aliphatic heterocycles. The second-order valence-electron chi connectivity index (χ2n) is 15.0. The molecule has 5 amide bonds. The number of rotatable bonds is 19. The average Bonchev–Trinajstić information content (AvgIpc) is 3.11. The first kappa shape index (κ1) is 41.0. The molecular weight excluding hydrogens is 666 g/mol. The average molecular weight is 728 g/mol. The molecule has 4 unspecified atom stereocenters. The van der Waals surface area contributed by atoms with Crippen LogP contribution in [0.25, 0.3) is 0 Å². The molecule has 1 saturated heterocycles. The number of carbonyl (C=O) groups excluding carboxylic acids is 5. The molecule has 0 spiro atoms. The number of phenols is 1. The summed E-state index contributed by atoms with van der Waals surface area (Å²) in [6.07, 6.45) is 10.4. The van der Waals surface area contributed by atoms with Crippen molar-refractivity contribution in [3.8, 4) is 5.75 Å². The zero-order valence-electron chi connectivity index (χ0n) is 30.4. The summed E-state index contributed by atoms with van der Waals surface area (Å²) >= 11 is 0. The van der Waals surface area contributed by atoms with E-state index in [1.165, 1.54) is 23.5 Å². The number of aromatic hydroxyl groups is 1. The van der Waals surface area contributed by atoms with Gasteiger partial charge in [-0.05, 0) is 100 Å². The van der Waals surface area contributed by atoms with Gasteiger partial charge in [-0.3, -0.25) is 29.3 Å². The van der Waals surface area contributed by atoms with Gasteiger partial charge in [0.15, 0.2) is 0 Å². The molecule has 4 atom stereocenters. The quantitative estimate of drug-likeness (QED) is 0.0689. The summed E-state index contributed by atoms with van der Waals surface area (Å²) in [6, 6.07) is 2.62. The normalized spacial score (nSPS) is 22.5. The topological polar surface area (TPSA) is 261 Å². The van der Waals surface area contributed by atoms with E-state index in [0.29, 0.717) is 62.7 Å². The Balaban J connectivity index is 1.43. The summed E-state index contributed by atoms with van der Waals surface area (Å²) < 4.78 is 0. The van der Waals surface area contributed by atoms with Crippen molar-refractivity contribution in [2.24, 2.45) is 40.7 Å². The highest BCUT2D eigenvalue weighted by Crippen LogP contribution is 2.31. The maximum Gasteiger partial charge on any atom is 0.245 e. The predicted octanol–water partition coefficient (Wildman–Crippen LogP) is 0.172. The van der Waals surface area contributed by atoms with Crippen molar-refractivity contribution >= 4 is 29.5 Å². The molecule has 290 valence electrons. The summed E-state index contributed by atoms with van der Waals surface area (Å²) in [6.45, 7) is 1.49. The van der Waals surface area contributed by atoms with Crippen LogP contribution in [-0.4, -0.2) is 89.6 Å². The number of benzene rings is 1. The fraction of sp³-hybridized carbons (Fsp3) is 0.703. The molecule has 3 aliphatic rings. The molecule has 15 nitrogen and oxygen atoms in total. The van der Waals surface area contributed by atoms with E-state index in [9.17, 15) is 29.1 Å². The molecule has 0 radical (unpaired) electrons. The summed E-state index contributed by atoms with van der Waals surface area (Å²) in [5.74, 6) is -1.57. The first-order valence-electron chi connectivity index (χ1n) is 19.2. The SMILES string of the molecule is NCC1CCC(C(=O)NC(CC2CCCCC2)C(=O)N2CCC2C(=O)NC(Cc2ccc(O)cc2)C(=O)NC(CCCCNC(N)N)C(N)=O)CC1. The number of nitrogens with one attached hydrogen (secondary N) is 4. The highest BCUT2D eigenvalue weighted by Gasteiger charge is 2.43. The van der Waals surface area contributed by atoms with Crippen molar-refractivity contribution in [1.29, 1.82) is 0 Å². The Bertz CT molecular complexity index is 1330. The van der Waals surface area contributed by atoms with Gasteiger partial charge < -0.3 is 48.9 Å². The molecule has 0 aromatic heterocycles. The zero-order valence-corrected chi connectivity index (χ0v) is 30.4. The maximum atomic E-state index is 14.1. The molecule has 1 heterocycles. The number of hydrogen-bond acceptors (Lipinski definition) is 10. The van der Waals surface area contributed by atoms with E-state index >= 15 is 0 Å². The van der Waals surface area contributed by atoms with Crippen LogP contribution in [0.5, 0.6) is 5.75 Å². The third-order valence-electron chi connectivity index (χ3n) is 11.0.